The highest BCUT2D eigenvalue weighted by Crippen LogP contribution is 2.28. The number of anilines is 2. The number of carboxylic acid groups (broad SMARTS) is 1. The molecule has 7 heteroatoms. The van der Waals surface area contributed by atoms with E-state index in [1.54, 1.807) is 24.3 Å². The van der Waals surface area contributed by atoms with Crippen molar-refractivity contribution in [2.24, 2.45) is 0 Å². The van der Waals surface area contributed by atoms with Crippen molar-refractivity contribution >= 4 is 28.4 Å². The average Bonchev–Trinajstić information content (AvgIpc) is 2.79. The van der Waals surface area contributed by atoms with Gasteiger partial charge in [-0.25, -0.2) is 9.69 Å². The number of benzene rings is 1. The molecule has 1 aromatic carbocycles. The summed E-state index contributed by atoms with van der Waals surface area (Å²) in [6, 6.07) is 8.84. The Kier molecular flexibility index (Phi) is 3.20. The zero-order valence-corrected chi connectivity index (χ0v) is 9.72. The van der Waals surface area contributed by atoms with E-state index in [0.717, 1.165) is 16.4 Å². The number of para-hydroxylation sites is 1. The van der Waals surface area contributed by atoms with E-state index in [1.807, 2.05) is 6.07 Å². The number of hydrogen-bond acceptors (Lipinski definition) is 5. The molecule has 88 valence electrons. The predicted molar refractivity (Wildman–Crippen MR) is 63.1 cm³/mol. The zero-order valence-electron chi connectivity index (χ0n) is 8.90. The summed E-state index contributed by atoms with van der Waals surface area (Å²) in [7, 11) is 1.43. The van der Waals surface area contributed by atoms with Gasteiger partial charge in [-0.2, -0.15) is 4.98 Å². The van der Waals surface area contributed by atoms with E-state index < -0.39 is 6.09 Å². The number of amides is 1. The molecule has 1 amide bonds. The van der Waals surface area contributed by atoms with Crippen molar-refractivity contribution < 1.29 is 14.6 Å². The van der Waals surface area contributed by atoms with E-state index in [2.05, 4.69) is 9.36 Å². The third-order valence-corrected chi connectivity index (χ3v) is 2.66. The van der Waals surface area contributed by atoms with Crippen molar-refractivity contribution in [2.75, 3.05) is 12.0 Å². The van der Waals surface area contributed by atoms with E-state index in [1.165, 1.54) is 7.11 Å². The first-order valence-electron chi connectivity index (χ1n) is 4.68. The molecule has 6 nitrogen and oxygen atoms in total. The molecule has 0 radical (unpaired) electrons. The molecule has 1 N–H and O–H groups in total. The van der Waals surface area contributed by atoms with Crippen molar-refractivity contribution in [1.82, 2.24) is 9.36 Å². The van der Waals surface area contributed by atoms with Crippen molar-refractivity contribution in [2.45, 2.75) is 0 Å². The molecule has 0 bridgehead atoms. The van der Waals surface area contributed by atoms with Gasteiger partial charge in [-0.05, 0) is 12.1 Å². The molecule has 0 aliphatic heterocycles. The molecule has 0 aliphatic carbocycles. The Morgan fingerprint density at radius 2 is 2.12 bits per heavy atom. The van der Waals surface area contributed by atoms with E-state index in [0.29, 0.717) is 5.69 Å². The third kappa shape index (κ3) is 2.34. The summed E-state index contributed by atoms with van der Waals surface area (Å²) in [5.41, 5.74) is 0.513. The molecule has 0 saturated carbocycles. The summed E-state index contributed by atoms with van der Waals surface area (Å²) < 4.78 is 8.70. The fourth-order valence-corrected chi connectivity index (χ4v) is 1.92. The Hall–Kier alpha value is -2.15. The summed E-state index contributed by atoms with van der Waals surface area (Å²) in [4.78, 5) is 16.2. The molecule has 0 fully saturated rings. The Morgan fingerprint density at radius 3 is 2.65 bits per heavy atom. The third-order valence-electron chi connectivity index (χ3n) is 1.98. The van der Waals surface area contributed by atoms with Crippen LogP contribution in [0.1, 0.15) is 0 Å². The molecular formula is C10H9N3O3S. The lowest BCUT2D eigenvalue weighted by Gasteiger charge is -2.14. The van der Waals surface area contributed by atoms with Crippen LogP contribution in [0.15, 0.2) is 30.3 Å². The normalized spacial score (nSPS) is 9.94. The largest absolute Gasteiger partial charge is 0.466 e. The van der Waals surface area contributed by atoms with E-state index in [9.17, 15) is 9.90 Å². The lowest BCUT2D eigenvalue weighted by atomic mass is 10.3. The first-order valence-corrected chi connectivity index (χ1v) is 5.45. The lowest BCUT2D eigenvalue weighted by Crippen LogP contribution is -2.23. The summed E-state index contributed by atoms with van der Waals surface area (Å²) in [6.45, 7) is 0. The van der Waals surface area contributed by atoms with E-state index in [4.69, 9.17) is 4.74 Å². The van der Waals surface area contributed by atoms with Gasteiger partial charge >= 0.3 is 12.1 Å². The van der Waals surface area contributed by atoms with Crippen LogP contribution in [0.2, 0.25) is 0 Å². The van der Waals surface area contributed by atoms with Crippen LogP contribution in [0, 0.1) is 0 Å². The Labute approximate surface area is 101 Å². The van der Waals surface area contributed by atoms with Crippen molar-refractivity contribution in [3.63, 3.8) is 0 Å². The Bertz CT molecular complexity index is 515. The van der Waals surface area contributed by atoms with Crippen LogP contribution in [0.4, 0.5) is 15.6 Å². The first-order chi connectivity index (χ1) is 8.22. The second kappa shape index (κ2) is 4.79. The smallest absolute Gasteiger partial charge is 0.418 e. The summed E-state index contributed by atoms with van der Waals surface area (Å²) in [5.74, 6) is 0. The predicted octanol–water partition coefficient (Wildman–Crippen LogP) is 2.36. The van der Waals surface area contributed by atoms with Gasteiger partial charge in [0.15, 0.2) is 0 Å². The summed E-state index contributed by atoms with van der Waals surface area (Å²) >= 11 is 0.964. The van der Waals surface area contributed by atoms with Crippen LogP contribution in [-0.4, -0.2) is 27.7 Å². The quantitative estimate of drug-likeness (QED) is 0.906. The van der Waals surface area contributed by atoms with Gasteiger partial charge in [-0.1, -0.05) is 18.2 Å². The SMILES string of the molecule is COc1nsc(N(C(=O)O)c2ccccc2)n1. The Balaban J connectivity index is 2.39. The molecule has 17 heavy (non-hydrogen) atoms. The van der Waals surface area contributed by atoms with Crippen LogP contribution >= 0.6 is 11.5 Å². The van der Waals surface area contributed by atoms with Crippen LogP contribution in [-0.2, 0) is 0 Å². The van der Waals surface area contributed by atoms with Gasteiger partial charge in [-0.3, -0.25) is 0 Å². The number of methoxy groups -OCH3 is 1. The second-order valence-corrected chi connectivity index (χ2v) is 3.75. The molecule has 2 aromatic rings. The molecule has 1 aromatic heterocycles. The minimum absolute atomic E-state index is 0.159. The highest BCUT2D eigenvalue weighted by Gasteiger charge is 2.21. The standard InChI is InChI=1S/C10H9N3O3S/c1-16-8-11-9(17-12-8)13(10(14)15)7-5-3-2-4-6-7/h2-6H,1H3,(H,14,15). The molecule has 0 saturated heterocycles. The van der Waals surface area contributed by atoms with Gasteiger partial charge in [0, 0.05) is 11.5 Å². The fraction of sp³-hybridized carbons (Fsp3) is 0.100. The second-order valence-electron chi connectivity index (χ2n) is 3.02. The van der Waals surface area contributed by atoms with Crippen molar-refractivity contribution in [1.29, 1.82) is 0 Å². The van der Waals surface area contributed by atoms with Gasteiger partial charge in [0.2, 0.25) is 5.13 Å². The molecule has 0 aliphatic rings. The zero-order chi connectivity index (χ0) is 12.3. The van der Waals surface area contributed by atoms with Crippen molar-refractivity contribution in [3.05, 3.63) is 30.3 Å². The maximum Gasteiger partial charge on any atom is 0.418 e. The maximum atomic E-state index is 11.2. The van der Waals surface area contributed by atoms with Crippen LogP contribution in [0.3, 0.4) is 0 Å². The lowest BCUT2D eigenvalue weighted by molar-refractivity contribution is 0.204. The fourth-order valence-electron chi connectivity index (χ4n) is 1.26. The number of nitrogens with zero attached hydrogens (tertiary/aromatic N) is 3. The van der Waals surface area contributed by atoms with Crippen LogP contribution in [0.5, 0.6) is 6.01 Å². The van der Waals surface area contributed by atoms with Gasteiger partial charge in [0.25, 0.3) is 0 Å². The minimum Gasteiger partial charge on any atom is -0.466 e. The monoisotopic (exact) mass is 251 g/mol. The van der Waals surface area contributed by atoms with Gasteiger partial charge in [0.1, 0.15) is 0 Å². The molecule has 0 atom stereocenters. The van der Waals surface area contributed by atoms with Crippen LogP contribution in [0.25, 0.3) is 0 Å². The number of aromatic nitrogens is 2. The van der Waals surface area contributed by atoms with Crippen molar-refractivity contribution in [3.8, 4) is 6.01 Å². The molecule has 0 spiro atoms. The number of carbonyl (C=O) groups is 1. The number of ether oxygens (including phenoxy) is 1. The van der Waals surface area contributed by atoms with Gasteiger partial charge < -0.3 is 9.84 Å². The Morgan fingerprint density at radius 1 is 1.41 bits per heavy atom. The molecule has 2 rings (SSSR count). The topological polar surface area (TPSA) is 75.5 Å². The highest BCUT2D eigenvalue weighted by molar-refractivity contribution is 7.10. The average molecular weight is 251 g/mol. The summed E-state index contributed by atoms with van der Waals surface area (Å²) in [6.07, 6.45) is -1.12. The highest BCUT2D eigenvalue weighted by atomic mass is 32.1. The van der Waals surface area contributed by atoms with E-state index >= 15 is 0 Å². The minimum atomic E-state index is -1.12. The van der Waals surface area contributed by atoms with E-state index in [-0.39, 0.29) is 11.1 Å². The van der Waals surface area contributed by atoms with Gasteiger partial charge in [0.05, 0.1) is 12.8 Å². The summed E-state index contributed by atoms with van der Waals surface area (Å²) in [5, 5.41) is 9.44. The first kappa shape index (κ1) is 11.3. The van der Waals surface area contributed by atoms with Gasteiger partial charge in [-0.15, -0.1) is 4.37 Å². The maximum absolute atomic E-state index is 11.2. The number of rotatable bonds is 3. The molecule has 0 unspecified atom stereocenters. The molecular weight excluding hydrogens is 242 g/mol. The molecule has 1 heterocycles. The number of hydrogen-bond donors (Lipinski definition) is 1. The van der Waals surface area contributed by atoms with Crippen LogP contribution < -0.4 is 9.64 Å².